The van der Waals surface area contributed by atoms with Crippen molar-refractivity contribution in [1.82, 2.24) is 20.2 Å². The summed E-state index contributed by atoms with van der Waals surface area (Å²) in [6.45, 7) is 7.08. The molecule has 1 heterocycles. The maximum absolute atomic E-state index is 12.1. The normalized spacial score (nSPS) is 17.0. The summed E-state index contributed by atoms with van der Waals surface area (Å²) in [5, 5.41) is 14.2. The predicted molar refractivity (Wildman–Crippen MR) is 96.7 cm³/mol. The highest BCUT2D eigenvalue weighted by Crippen LogP contribution is 2.24. The summed E-state index contributed by atoms with van der Waals surface area (Å²) in [6, 6.07) is 0. The summed E-state index contributed by atoms with van der Waals surface area (Å²) in [5.74, 6) is -0.107. The number of carboxylic acid groups (broad SMARTS) is 1. The molecule has 3 N–H and O–H groups in total. The van der Waals surface area contributed by atoms with Crippen LogP contribution in [0.4, 0.5) is 9.59 Å². The predicted octanol–water partition coefficient (Wildman–Crippen LogP) is 1.53. The lowest BCUT2D eigenvalue weighted by atomic mass is 9.89. The van der Waals surface area contributed by atoms with E-state index in [1.165, 1.54) is 17.8 Å². The SMILES string of the molecule is CC(=O)NCC1CCc2ncn(C(=NC(=O)O)NC(=O)OC(C)(C)C)c2C1. The molecule has 0 aliphatic heterocycles. The second-order valence-corrected chi connectivity index (χ2v) is 7.40. The molecule has 1 aromatic heterocycles. The van der Waals surface area contributed by atoms with Gasteiger partial charge in [-0.3, -0.25) is 14.7 Å². The lowest BCUT2D eigenvalue weighted by molar-refractivity contribution is -0.119. The van der Waals surface area contributed by atoms with Crippen LogP contribution in [0.2, 0.25) is 0 Å². The van der Waals surface area contributed by atoms with Gasteiger partial charge in [0.25, 0.3) is 0 Å². The van der Waals surface area contributed by atoms with Crippen LogP contribution in [-0.2, 0) is 22.4 Å². The van der Waals surface area contributed by atoms with E-state index in [1.807, 2.05) is 0 Å². The second-order valence-electron chi connectivity index (χ2n) is 7.40. The van der Waals surface area contributed by atoms with Crippen LogP contribution >= 0.6 is 0 Å². The minimum absolute atomic E-state index is 0.103. The number of amides is 3. The largest absolute Gasteiger partial charge is 0.463 e. The number of carbonyl (C=O) groups excluding carboxylic acids is 2. The Kier molecular flexibility index (Phi) is 6.19. The molecular formula is C17H25N5O5. The number of imidazole rings is 1. The molecule has 0 saturated heterocycles. The highest BCUT2D eigenvalue weighted by molar-refractivity contribution is 6.00. The van der Waals surface area contributed by atoms with Crippen molar-refractivity contribution in [2.75, 3.05) is 6.54 Å². The van der Waals surface area contributed by atoms with Crippen LogP contribution in [0, 0.1) is 5.92 Å². The van der Waals surface area contributed by atoms with Crippen molar-refractivity contribution >= 4 is 24.1 Å². The van der Waals surface area contributed by atoms with E-state index in [1.54, 1.807) is 20.8 Å². The molecule has 0 fully saturated rings. The molecule has 10 heteroatoms. The highest BCUT2D eigenvalue weighted by Gasteiger charge is 2.26. The molecule has 1 aliphatic rings. The lowest BCUT2D eigenvalue weighted by Crippen LogP contribution is -2.41. The van der Waals surface area contributed by atoms with Crippen molar-refractivity contribution in [2.45, 2.75) is 52.6 Å². The number of hydrogen-bond donors (Lipinski definition) is 3. The topological polar surface area (TPSA) is 135 Å². The molecule has 1 unspecified atom stereocenters. The first-order valence-electron chi connectivity index (χ1n) is 8.66. The van der Waals surface area contributed by atoms with Gasteiger partial charge in [-0.15, -0.1) is 4.99 Å². The van der Waals surface area contributed by atoms with Gasteiger partial charge >= 0.3 is 12.2 Å². The Labute approximate surface area is 157 Å². The van der Waals surface area contributed by atoms with E-state index in [4.69, 9.17) is 9.84 Å². The smallest absolute Gasteiger partial charge is 0.434 e. The zero-order valence-corrected chi connectivity index (χ0v) is 15.9. The summed E-state index contributed by atoms with van der Waals surface area (Å²) in [4.78, 5) is 42.1. The number of rotatable bonds is 2. The number of ether oxygens (including phenoxy) is 1. The molecule has 1 aromatic rings. The molecule has 27 heavy (non-hydrogen) atoms. The van der Waals surface area contributed by atoms with Crippen molar-refractivity contribution in [2.24, 2.45) is 10.9 Å². The van der Waals surface area contributed by atoms with Gasteiger partial charge in [0.15, 0.2) is 0 Å². The van der Waals surface area contributed by atoms with Crippen molar-refractivity contribution in [3.63, 3.8) is 0 Å². The zero-order valence-electron chi connectivity index (χ0n) is 15.9. The molecule has 2 rings (SSSR count). The number of alkyl carbamates (subject to hydrolysis) is 1. The summed E-state index contributed by atoms with van der Waals surface area (Å²) in [6.07, 6.45) is 1.30. The van der Waals surface area contributed by atoms with Crippen molar-refractivity contribution in [3.8, 4) is 0 Å². The molecule has 10 nitrogen and oxygen atoms in total. The third-order valence-electron chi connectivity index (χ3n) is 3.91. The second kappa shape index (κ2) is 8.19. The van der Waals surface area contributed by atoms with Gasteiger partial charge in [0.1, 0.15) is 11.9 Å². The van der Waals surface area contributed by atoms with Gasteiger partial charge in [-0.05, 0) is 46.0 Å². The van der Waals surface area contributed by atoms with Gasteiger partial charge in [-0.1, -0.05) is 0 Å². The van der Waals surface area contributed by atoms with E-state index in [-0.39, 0.29) is 17.8 Å². The number of aromatic nitrogens is 2. The standard InChI is InChI=1S/C17H25N5O5/c1-10(23)18-8-11-5-6-12-13(7-11)22(9-19-12)14(20-15(24)25)21-16(26)27-17(2,3)4/h9,11H,5-8H2,1-4H3,(H,18,23)(H,24,25)(H,20,21,26). The summed E-state index contributed by atoms with van der Waals surface area (Å²) >= 11 is 0. The van der Waals surface area contributed by atoms with Crippen LogP contribution in [0.1, 0.15) is 45.5 Å². The first kappa shape index (κ1) is 20.4. The molecule has 0 bridgehead atoms. The number of carbonyl (C=O) groups is 3. The van der Waals surface area contributed by atoms with Crippen LogP contribution in [0.25, 0.3) is 0 Å². The molecule has 1 aliphatic carbocycles. The lowest BCUT2D eigenvalue weighted by Gasteiger charge is -2.24. The number of fused-ring (bicyclic) bond motifs is 1. The highest BCUT2D eigenvalue weighted by atomic mass is 16.6. The van der Waals surface area contributed by atoms with Crippen LogP contribution in [0.15, 0.2) is 11.3 Å². The Hall–Kier alpha value is -2.91. The summed E-state index contributed by atoms with van der Waals surface area (Å²) in [7, 11) is 0. The van der Waals surface area contributed by atoms with E-state index in [0.717, 1.165) is 17.8 Å². The average Bonchev–Trinajstić information content (AvgIpc) is 2.93. The number of hydrogen-bond acceptors (Lipinski definition) is 5. The maximum atomic E-state index is 12.1. The molecular weight excluding hydrogens is 354 g/mol. The number of aliphatic imine (C=N–C) groups is 1. The Bertz CT molecular complexity index is 762. The average molecular weight is 379 g/mol. The van der Waals surface area contributed by atoms with Crippen molar-refractivity contribution in [3.05, 3.63) is 17.7 Å². The Morgan fingerprint density at radius 1 is 1.41 bits per heavy atom. The molecule has 1 atom stereocenters. The number of aryl methyl sites for hydroxylation is 1. The van der Waals surface area contributed by atoms with Crippen LogP contribution in [-0.4, -0.2) is 50.9 Å². The molecule has 0 saturated carbocycles. The minimum atomic E-state index is -1.45. The van der Waals surface area contributed by atoms with Gasteiger partial charge in [-0.25, -0.2) is 14.6 Å². The Morgan fingerprint density at radius 2 is 2.11 bits per heavy atom. The Balaban J connectivity index is 2.23. The minimum Gasteiger partial charge on any atom is -0.463 e. The fraction of sp³-hybridized carbons (Fsp3) is 0.588. The first-order valence-corrected chi connectivity index (χ1v) is 8.66. The van der Waals surface area contributed by atoms with E-state index >= 15 is 0 Å². The van der Waals surface area contributed by atoms with Gasteiger partial charge in [0.2, 0.25) is 11.9 Å². The van der Waals surface area contributed by atoms with E-state index < -0.39 is 17.8 Å². The van der Waals surface area contributed by atoms with E-state index in [9.17, 15) is 14.4 Å². The Morgan fingerprint density at radius 3 is 2.70 bits per heavy atom. The van der Waals surface area contributed by atoms with E-state index in [2.05, 4.69) is 20.6 Å². The fourth-order valence-corrected chi connectivity index (χ4v) is 2.82. The molecule has 148 valence electrons. The number of nitrogens with one attached hydrogen (secondary N) is 2. The van der Waals surface area contributed by atoms with Crippen LogP contribution in [0.3, 0.4) is 0 Å². The van der Waals surface area contributed by atoms with Gasteiger partial charge in [0, 0.05) is 19.2 Å². The maximum Gasteiger partial charge on any atom is 0.434 e. The van der Waals surface area contributed by atoms with E-state index in [0.29, 0.717) is 19.4 Å². The third-order valence-corrected chi connectivity index (χ3v) is 3.91. The molecule has 0 spiro atoms. The first-order chi connectivity index (χ1) is 12.5. The van der Waals surface area contributed by atoms with Gasteiger partial charge < -0.3 is 15.2 Å². The molecule has 0 radical (unpaired) electrons. The van der Waals surface area contributed by atoms with Crippen molar-refractivity contribution < 1.29 is 24.2 Å². The monoisotopic (exact) mass is 379 g/mol. The quantitative estimate of drug-likeness (QED) is 0.527. The van der Waals surface area contributed by atoms with Crippen molar-refractivity contribution in [1.29, 1.82) is 0 Å². The number of nitrogens with zero attached hydrogens (tertiary/aromatic N) is 3. The third kappa shape index (κ3) is 6.08. The molecule has 0 aromatic carbocycles. The van der Waals surface area contributed by atoms with Gasteiger partial charge in [-0.2, -0.15) is 0 Å². The van der Waals surface area contributed by atoms with Crippen LogP contribution < -0.4 is 10.6 Å². The molecule has 3 amide bonds. The summed E-state index contributed by atoms with van der Waals surface area (Å²) in [5.41, 5.74) is 0.835. The zero-order chi connectivity index (χ0) is 20.2. The summed E-state index contributed by atoms with van der Waals surface area (Å²) < 4.78 is 6.62. The van der Waals surface area contributed by atoms with Gasteiger partial charge in [0.05, 0.1) is 5.69 Å². The van der Waals surface area contributed by atoms with Crippen LogP contribution in [0.5, 0.6) is 0 Å². The fourth-order valence-electron chi connectivity index (χ4n) is 2.82.